The number of hydrogen-bond acceptors (Lipinski definition) is 17. The lowest BCUT2D eigenvalue weighted by Gasteiger charge is -2.22. The highest BCUT2D eigenvalue weighted by atomic mass is 31.2. The van der Waals surface area contributed by atoms with Gasteiger partial charge in [0.15, 0.2) is 11.6 Å². The van der Waals surface area contributed by atoms with Crippen LogP contribution in [0.1, 0.15) is 64.2 Å². The zero-order valence-electron chi connectivity index (χ0n) is 45.5. The second kappa shape index (κ2) is 29.3. The van der Waals surface area contributed by atoms with Crippen molar-refractivity contribution in [2.45, 2.75) is 47.7 Å². The molecule has 0 fully saturated rings. The van der Waals surface area contributed by atoms with E-state index in [1.807, 2.05) is 169 Å². The number of carbonyl (C=O) groups excluding carboxylic acids is 3. The van der Waals surface area contributed by atoms with Crippen molar-refractivity contribution in [1.29, 1.82) is 0 Å². The lowest BCUT2D eigenvalue weighted by molar-refractivity contribution is -0.106. The maximum atomic E-state index is 13.8. The molecule has 4 aromatic carbocycles. The fourth-order valence-corrected chi connectivity index (χ4v) is 11.2. The van der Waals surface area contributed by atoms with Gasteiger partial charge >= 0.3 is 15.2 Å². The monoisotopic (exact) mass is 1150 g/mol. The fraction of sp³-hybridized carbons (Fsp3) is 0.230. The predicted octanol–water partition coefficient (Wildman–Crippen LogP) is 12.5. The third-order valence-electron chi connectivity index (χ3n) is 12.8. The van der Waals surface area contributed by atoms with E-state index in [-0.39, 0.29) is 58.0 Å². The largest absolute Gasteiger partial charge is 0.397 e. The van der Waals surface area contributed by atoms with Gasteiger partial charge in [-0.05, 0) is 72.5 Å². The molecule has 0 bridgehead atoms. The normalized spacial score (nSPS) is 12.6. The van der Waals surface area contributed by atoms with Crippen molar-refractivity contribution in [3.05, 3.63) is 216 Å². The standard InChI is InChI=1S/C30H32N5O4P.C16H17O4P.C14H15N5O.CH4/c1-3-35-28-26(30(36)34(2)27-15-10-16-32-29(27)35)19-25(20-33-28)31-17-18-40(37,38-21-23-11-6-4-7-12-23)39-22-24-13-8-5-9-14-24;17-11-12-21(18,19-13-15-7-3-1-4-8-15)20-14-16-9-5-2-6-10-16;1-3-19-12-10(7-9(15)8-17-12)14(20)18(2)11-5-4-6-16-13(11)19;/h4-16,19-20,31H,3,17-18,21-22H2,1-2H3;1-11H,12-14H2;4-8H,3,15H2,1-2H3;1H4. The van der Waals surface area contributed by atoms with Gasteiger partial charge in [-0.1, -0.05) is 129 Å². The lowest BCUT2D eigenvalue weighted by Crippen LogP contribution is -2.25. The number of fused-ring (bicyclic) bond motifs is 4. The number of pyridine rings is 4. The zero-order valence-corrected chi connectivity index (χ0v) is 47.3. The Morgan fingerprint density at radius 3 is 1.32 bits per heavy atom. The van der Waals surface area contributed by atoms with Crippen LogP contribution in [0.4, 0.5) is 46.0 Å². The molecular weight excluding hydrogens is 1080 g/mol. The maximum Gasteiger partial charge on any atom is 0.338 e. The van der Waals surface area contributed by atoms with E-state index in [0.717, 1.165) is 33.8 Å². The Kier molecular flexibility index (Phi) is 21.9. The van der Waals surface area contributed by atoms with E-state index < -0.39 is 15.2 Å². The van der Waals surface area contributed by atoms with E-state index >= 15 is 0 Å². The molecule has 2 amide bonds. The first kappa shape index (κ1) is 61.2. The molecule has 0 radical (unpaired) electrons. The number of benzene rings is 4. The number of aromatic nitrogens is 4. The summed E-state index contributed by atoms with van der Waals surface area (Å²) in [6.07, 6.45) is 7.10. The molecule has 10 rings (SSSR count). The molecule has 19 nitrogen and oxygen atoms in total. The molecule has 0 aliphatic carbocycles. The van der Waals surface area contributed by atoms with Crippen LogP contribution in [0.25, 0.3) is 0 Å². The number of nitrogen functional groups attached to an aromatic ring is 1. The molecular formula is C61H68N10O9P2. The van der Waals surface area contributed by atoms with Crippen LogP contribution in [-0.4, -0.2) is 84.1 Å². The van der Waals surface area contributed by atoms with Gasteiger partial charge in [0, 0.05) is 46.1 Å². The summed E-state index contributed by atoms with van der Waals surface area (Å²) in [4.78, 5) is 61.6. The van der Waals surface area contributed by atoms with Crippen molar-refractivity contribution < 1.29 is 41.6 Å². The van der Waals surface area contributed by atoms with Crippen LogP contribution in [0.3, 0.4) is 0 Å². The Morgan fingerprint density at radius 2 is 0.915 bits per heavy atom. The molecule has 426 valence electrons. The highest BCUT2D eigenvalue weighted by Gasteiger charge is 2.33. The first-order valence-electron chi connectivity index (χ1n) is 26.2. The average molecular weight is 1150 g/mol. The van der Waals surface area contributed by atoms with E-state index in [2.05, 4.69) is 25.3 Å². The number of nitrogens with two attached hydrogens (primary N) is 1. The first-order valence-corrected chi connectivity index (χ1v) is 29.6. The van der Waals surface area contributed by atoms with Gasteiger partial charge in [0.1, 0.15) is 24.1 Å². The molecule has 0 spiro atoms. The molecule has 0 saturated carbocycles. The minimum Gasteiger partial charge on any atom is -0.397 e. The molecule has 2 aliphatic rings. The predicted molar refractivity (Wildman–Crippen MR) is 323 cm³/mol. The summed E-state index contributed by atoms with van der Waals surface area (Å²) < 4.78 is 48.8. The summed E-state index contributed by atoms with van der Waals surface area (Å²) in [5.74, 6) is 2.23. The van der Waals surface area contributed by atoms with Gasteiger partial charge in [-0.25, -0.2) is 19.9 Å². The van der Waals surface area contributed by atoms with E-state index in [1.54, 1.807) is 60.8 Å². The summed E-state index contributed by atoms with van der Waals surface area (Å²) >= 11 is 0. The number of amides is 2. The molecule has 8 aromatic rings. The lowest BCUT2D eigenvalue weighted by atomic mass is 10.2. The number of aldehydes is 1. The number of nitrogens with one attached hydrogen (secondary N) is 1. The topological polar surface area (TPSA) is 225 Å². The van der Waals surface area contributed by atoms with E-state index in [9.17, 15) is 23.5 Å². The van der Waals surface area contributed by atoms with Crippen LogP contribution in [0, 0.1) is 0 Å². The summed E-state index contributed by atoms with van der Waals surface area (Å²) in [7, 11) is -3.42. The minimum absolute atomic E-state index is 0. The van der Waals surface area contributed by atoms with E-state index in [0.29, 0.717) is 71.6 Å². The van der Waals surface area contributed by atoms with Crippen LogP contribution in [0.15, 0.2) is 183 Å². The second-order valence-corrected chi connectivity index (χ2v) is 22.7. The van der Waals surface area contributed by atoms with Crippen LogP contribution >= 0.6 is 15.2 Å². The summed E-state index contributed by atoms with van der Waals surface area (Å²) in [6.45, 7) is 6.20. The summed E-state index contributed by atoms with van der Waals surface area (Å²) in [5, 5.41) is 3.26. The Morgan fingerprint density at radius 1 is 0.524 bits per heavy atom. The van der Waals surface area contributed by atoms with Crippen molar-refractivity contribution in [3.63, 3.8) is 0 Å². The maximum absolute atomic E-state index is 13.8. The first-order chi connectivity index (χ1) is 39.3. The summed E-state index contributed by atoms with van der Waals surface area (Å²) in [6, 6.07) is 48.7. The van der Waals surface area contributed by atoms with Gasteiger partial charge in [0.25, 0.3) is 11.8 Å². The van der Waals surface area contributed by atoms with Crippen molar-refractivity contribution in [2.24, 2.45) is 0 Å². The molecule has 0 unspecified atom stereocenters. The highest BCUT2D eigenvalue weighted by molar-refractivity contribution is 7.54. The highest BCUT2D eigenvalue weighted by Crippen LogP contribution is 2.50. The van der Waals surface area contributed by atoms with Crippen LogP contribution < -0.4 is 30.7 Å². The Hall–Kier alpha value is -8.41. The van der Waals surface area contributed by atoms with E-state index in [1.165, 1.54) is 0 Å². The van der Waals surface area contributed by atoms with Crippen LogP contribution in [0.2, 0.25) is 0 Å². The molecule has 6 heterocycles. The zero-order chi connectivity index (χ0) is 57.2. The number of nitrogens with zero attached hydrogens (tertiary/aromatic N) is 8. The Labute approximate surface area is 479 Å². The molecule has 4 aromatic heterocycles. The van der Waals surface area contributed by atoms with Gasteiger partial charge in [0.05, 0.1) is 78.9 Å². The second-order valence-electron chi connectivity index (χ2n) is 18.4. The van der Waals surface area contributed by atoms with Crippen molar-refractivity contribution in [3.8, 4) is 0 Å². The van der Waals surface area contributed by atoms with Gasteiger partial charge < -0.3 is 53.5 Å². The number of rotatable bonds is 20. The van der Waals surface area contributed by atoms with Gasteiger partial charge in [-0.15, -0.1) is 0 Å². The van der Waals surface area contributed by atoms with Gasteiger partial charge in [0.2, 0.25) is 0 Å². The Balaban J connectivity index is 0.000000194. The van der Waals surface area contributed by atoms with Crippen LogP contribution in [0.5, 0.6) is 0 Å². The molecule has 2 aliphatic heterocycles. The molecule has 21 heteroatoms. The van der Waals surface area contributed by atoms with Crippen LogP contribution in [-0.2, 0) is 58.4 Å². The van der Waals surface area contributed by atoms with Crippen molar-refractivity contribution in [2.75, 3.05) is 76.7 Å². The SMILES string of the molecule is C.CCN1c2ncc(N)cc2C(=O)N(C)c2cccnc21.CCN1c2ncc(NCCP(=O)(OCc3ccccc3)OCc3ccccc3)cc2C(=O)N(C)c2cccnc21.O=CCP(=O)(OCc1ccccc1)OCc1ccccc1. The van der Waals surface area contributed by atoms with Crippen molar-refractivity contribution >= 4 is 79.3 Å². The molecule has 3 N–H and O–H groups in total. The minimum atomic E-state index is -3.47. The molecule has 0 atom stereocenters. The average Bonchev–Trinajstić information content (AvgIpc) is 3.70. The molecule has 0 saturated heterocycles. The molecule has 82 heavy (non-hydrogen) atoms. The number of anilines is 8. The van der Waals surface area contributed by atoms with Gasteiger partial charge in [-0.3, -0.25) is 18.7 Å². The third kappa shape index (κ3) is 15.7. The fourth-order valence-electron chi connectivity index (χ4n) is 8.60. The summed E-state index contributed by atoms with van der Waals surface area (Å²) in [5.41, 5.74) is 12.9. The number of hydrogen-bond donors (Lipinski definition) is 2. The smallest absolute Gasteiger partial charge is 0.338 e. The van der Waals surface area contributed by atoms with E-state index in [4.69, 9.17) is 23.8 Å². The van der Waals surface area contributed by atoms with Gasteiger partial charge in [-0.2, -0.15) is 0 Å². The quantitative estimate of drug-likeness (QED) is 0.0534. The number of carbonyl (C=O) groups is 3. The third-order valence-corrected chi connectivity index (χ3v) is 16.3. The Bertz CT molecular complexity index is 3390. The van der Waals surface area contributed by atoms with Crippen molar-refractivity contribution in [1.82, 2.24) is 19.9 Å².